The second kappa shape index (κ2) is 7.53. The summed E-state index contributed by atoms with van der Waals surface area (Å²) < 4.78 is 40.6. The molecule has 0 bridgehead atoms. The van der Waals surface area contributed by atoms with Crippen molar-refractivity contribution in [2.45, 2.75) is 5.41 Å². The normalized spacial score (nSPS) is 12.1. The first-order valence-electron chi connectivity index (χ1n) is 8.13. The van der Waals surface area contributed by atoms with Crippen LogP contribution in [0.5, 0.6) is 0 Å². The maximum Gasteiger partial charge on any atom is 0.159 e. The van der Waals surface area contributed by atoms with Crippen LogP contribution in [0.15, 0.2) is 78.0 Å². The van der Waals surface area contributed by atoms with Crippen LogP contribution in [0, 0.1) is 17.5 Å². The van der Waals surface area contributed by atoms with Crippen LogP contribution in [0.2, 0.25) is 0 Å². The molecule has 0 atom stereocenters. The fourth-order valence-corrected chi connectivity index (χ4v) is 3.21. The van der Waals surface area contributed by atoms with E-state index >= 15 is 0 Å². The van der Waals surface area contributed by atoms with Gasteiger partial charge in [0.2, 0.25) is 0 Å². The molecule has 3 rings (SSSR count). The van der Waals surface area contributed by atoms with E-state index in [1.54, 1.807) is 36.4 Å². The first kappa shape index (κ1) is 18.5. The Morgan fingerprint density at radius 3 is 1.26 bits per heavy atom. The molecule has 2 N–H and O–H groups in total. The van der Waals surface area contributed by atoms with Crippen LogP contribution in [0.3, 0.4) is 0 Å². The Balaban J connectivity index is 2.40. The molecule has 0 aliphatic carbocycles. The fourth-order valence-electron chi connectivity index (χ4n) is 3.21. The maximum absolute atomic E-state index is 13.5. The molecule has 3 nitrogen and oxygen atoms in total. The van der Waals surface area contributed by atoms with Gasteiger partial charge in [-0.3, -0.25) is 0 Å². The van der Waals surface area contributed by atoms with Gasteiger partial charge in [-0.05, 0) is 53.1 Å². The zero-order chi connectivity index (χ0) is 19.4. The smallest absolute Gasteiger partial charge is 0.159 e. The lowest BCUT2D eigenvalue weighted by Gasteiger charge is -2.34. The fraction of sp³-hybridized carbons (Fsp3) is 0.0952. The summed E-state index contributed by atoms with van der Waals surface area (Å²) in [6.07, 6.45) is 0. The van der Waals surface area contributed by atoms with Gasteiger partial charge in [-0.25, -0.2) is 13.2 Å². The lowest BCUT2D eigenvalue weighted by atomic mass is 9.68. The van der Waals surface area contributed by atoms with E-state index in [2.05, 4.69) is 5.16 Å². The van der Waals surface area contributed by atoms with Crippen LogP contribution in [0.4, 0.5) is 13.2 Å². The van der Waals surface area contributed by atoms with E-state index < -0.39 is 22.9 Å². The molecular weight excluding hydrogens is 353 g/mol. The number of rotatable bonds is 5. The zero-order valence-electron chi connectivity index (χ0n) is 14.5. The Bertz CT molecular complexity index is 826. The third-order valence-electron chi connectivity index (χ3n) is 4.41. The molecule has 27 heavy (non-hydrogen) atoms. The van der Waals surface area contributed by atoms with Gasteiger partial charge in [0.1, 0.15) is 30.0 Å². The van der Waals surface area contributed by atoms with Gasteiger partial charge in [0.25, 0.3) is 0 Å². The molecule has 0 heterocycles. The Kier molecular flexibility index (Phi) is 5.16. The van der Waals surface area contributed by atoms with E-state index in [1.807, 2.05) is 0 Å². The average Bonchev–Trinajstić information content (AvgIpc) is 2.66. The molecule has 0 aromatic heterocycles. The predicted octanol–water partition coefficient (Wildman–Crippen LogP) is 4.36. The summed E-state index contributed by atoms with van der Waals surface area (Å²) in [5.41, 5.74) is 6.80. The Morgan fingerprint density at radius 1 is 0.704 bits per heavy atom. The highest BCUT2D eigenvalue weighted by molar-refractivity contribution is 5.98. The molecule has 0 saturated carbocycles. The SMILES string of the molecule is CO/N=C(\N)C(c1ccc(F)cc1)(c1ccc(F)cc1)c1ccc(F)cc1. The van der Waals surface area contributed by atoms with Crippen LogP contribution in [-0.2, 0) is 10.3 Å². The van der Waals surface area contributed by atoms with Gasteiger partial charge in [-0.1, -0.05) is 41.6 Å². The number of halogens is 3. The number of nitrogens with two attached hydrogens (primary N) is 1. The van der Waals surface area contributed by atoms with E-state index in [0.717, 1.165) is 0 Å². The molecular formula is C21H17F3N2O. The number of nitrogens with zero attached hydrogens (tertiary/aromatic N) is 1. The first-order valence-corrected chi connectivity index (χ1v) is 8.13. The molecule has 0 radical (unpaired) electrons. The van der Waals surface area contributed by atoms with Gasteiger partial charge >= 0.3 is 0 Å². The average molecular weight is 370 g/mol. The topological polar surface area (TPSA) is 47.6 Å². The van der Waals surface area contributed by atoms with Crippen molar-refractivity contribution in [3.63, 3.8) is 0 Å². The largest absolute Gasteiger partial charge is 0.398 e. The summed E-state index contributed by atoms with van der Waals surface area (Å²) in [4.78, 5) is 4.89. The molecule has 138 valence electrons. The van der Waals surface area contributed by atoms with Gasteiger partial charge in [0, 0.05) is 0 Å². The molecule has 0 amide bonds. The minimum atomic E-state index is -1.23. The second-order valence-corrected chi connectivity index (χ2v) is 5.93. The van der Waals surface area contributed by atoms with Crippen LogP contribution in [0.1, 0.15) is 16.7 Å². The van der Waals surface area contributed by atoms with Crippen molar-refractivity contribution in [3.05, 3.63) is 107 Å². The zero-order valence-corrected chi connectivity index (χ0v) is 14.5. The maximum atomic E-state index is 13.5. The lowest BCUT2D eigenvalue weighted by molar-refractivity contribution is 0.211. The van der Waals surface area contributed by atoms with Gasteiger partial charge < -0.3 is 10.6 Å². The molecule has 6 heteroatoms. The minimum absolute atomic E-state index is 0.0369. The number of amidine groups is 1. The molecule has 0 fully saturated rings. The van der Waals surface area contributed by atoms with Crippen molar-refractivity contribution in [2.24, 2.45) is 10.9 Å². The van der Waals surface area contributed by atoms with Gasteiger partial charge in [-0.15, -0.1) is 0 Å². The summed E-state index contributed by atoms with van der Waals surface area (Å²) in [7, 11) is 1.34. The van der Waals surface area contributed by atoms with Crippen molar-refractivity contribution < 1.29 is 18.0 Å². The number of benzene rings is 3. The highest BCUT2D eigenvalue weighted by Gasteiger charge is 2.41. The molecule has 0 saturated heterocycles. The van der Waals surface area contributed by atoms with Crippen molar-refractivity contribution >= 4 is 5.84 Å². The molecule has 0 spiro atoms. The Hall–Kier alpha value is -3.28. The quantitative estimate of drug-likeness (QED) is 0.314. The molecule has 0 aliphatic heterocycles. The van der Waals surface area contributed by atoms with E-state index in [1.165, 1.54) is 43.5 Å². The highest BCUT2D eigenvalue weighted by atomic mass is 19.1. The molecule has 0 aliphatic rings. The number of hydrogen-bond acceptors (Lipinski definition) is 2. The van der Waals surface area contributed by atoms with Crippen molar-refractivity contribution in [2.75, 3.05) is 7.11 Å². The highest BCUT2D eigenvalue weighted by Crippen LogP contribution is 2.40. The van der Waals surface area contributed by atoms with Crippen molar-refractivity contribution in [1.29, 1.82) is 0 Å². The lowest BCUT2D eigenvalue weighted by Crippen LogP contribution is -2.43. The Morgan fingerprint density at radius 2 is 1.00 bits per heavy atom. The summed E-state index contributed by atoms with van der Waals surface area (Å²) in [6.45, 7) is 0. The summed E-state index contributed by atoms with van der Waals surface area (Å²) in [5.74, 6) is -1.23. The molecule has 0 unspecified atom stereocenters. The van der Waals surface area contributed by atoms with Gasteiger partial charge in [-0.2, -0.15) is 0 Å². The third kappa shape index (κ3) is 3.38. The predicted molar refractivity (Wildman–Crippen MR) is 97.7 cm³/mol. The van der Waals surface area contributed by atoms with E-state index in [4.69, 9.17) is 10.6 Å². The Labute approximate surface area is 154 Å². The summed E-state index contributed by atoms with van der Waals surface area (Å²) in [6, 6.07) is 17.1. The van der Waals surface area contributed by atoms with E-state index in [-0.39, 0.29) is 5.84 Å². The van der Waals surface area contributed by atoms with Gasteiger partial charge in [0.05, 0.1) is 0 Å². The van der Waals surface area contributed by atoms with E-state index in [0.29, 0.717) is 16.7 Å². The number of hydrogen-bond donors (Lipinski definition) is 1. The summed E-state index contributed by atoms with van der Waals surface area (Å²) in [5, 5.41) is 3.91. The standard InChI is InChI=1S/C21H17F3N2O/c1-27-26-20(25)21(14-2-8-17(22)9-3-14,15-4-10-18(23)11-5-15)16-6-12-19(24)13-7-16/h2-13H,1H3,(H2,25,26). The van der Waals surface area contributed by atoms with Crippen molar-refractivity contribution in [1.82, 2.24) is 0 Å². The summed E-state index contributed by atoms with van der Waals surface area (Å²) >= 11 is 0. The van der Waals surface area contributed by atoms with Crippen LogP contribution in [0.25, 0.3) is 0 Å². The minimum Gasteiger partial charge on any atom is -0.398 e. The van der Waals surface area contributed by atoms with Gasteiger partial charge in [0.15, 0.2) is 5.84 Å². The monoisotopic (exact) mass is 370 g/mol. The van der Waals surface area contributed by atoms with Crippen LogP contribution >= 0.6 is 0 Å². The first-order chi connectivity index (χ1) is 13.0. The van der Waals surface area contributed by atoms with Crippen LogP contribution < -0.4 is 5.73 Å². The van der Waals surface area contributed by atoms with E-state index in [9.17, 15) is 13.2 Å². The molecule has 3 aromatic carbocycles. The third-order valence-corrected chi connectivity index (χ3v) is 4.41. The van der Waals surface area contributed by atoms with Crippen molar-refractivity contribution in [3.8, 4) is 0 Å². The second-order valence-electron chi connectivity index (χ2n) is 5.93. The number of oxime groups is 1. The van der Waals surface area contributed by atoms with Crippen LogP contribution in [-0.4, -0.2) is 12.9 Å². The molecule has 3 aromatic rings.